The summed E-state index contributed by atoms with van der Waals surface area (Å²) in [4.78, 5) is -0.00841. The largest absolute Gasteiger partial charge is 0.380 e. The molecule has 1 fully saturated rings. The molecule has 0 radical (unpaired) electrons. The van der Waals surface area contributed by atoms with Gasteiger partial charge < -0.3 is 10.5 Å². The molecule has 1 saturated heterocycles. The van der Waals surface area contributed by atoms with Crippen molar-refractivity contribution in [3.05, 3.63) is 27.7 Å². The van der Waals surface area contributed by atoms with E-state index in [4.69, 9.17) is 33.7 Å². The average molecular weight is 325 g/mol. The fourth-order valence-corrected chi connectivity index (χ4v) is 3.97. The Labute approximate surface area is 122 Å². The first-order valence-electron chi connectivity index (χ1n) is 5.72. The summed E-state index contributed by atoms with van der Waals surface area (Å²) in [6.07, 6.45) is 0.647. The van der Waals surface area contributed by atoms with Crippen LogP contribution in [0.25, 0.3) is 0 Å². The SMILES string of the molecule is NCc1cc(S(=O)(=O)NC2CCOC2)c(Cl)cc1Cl. The molecule has 19 heavy (non-hydrogen) atoms. The van der Waals surface area contributed by atoms with Gasteiger partial charge in [0.15, 0.2) is 0 Å². The fourth-order valence-electron chi connectivity index (χ4n) is 1.84. The van der Waals surface area contributed by atoms with Crippen LogP contribution in [-0.4, -0.2) is 27.7 Å². The minimum atomic E-state index is -3.70. The minimum absolute atomic E-state index is 0.00841. The summed E-state index contributed by atoms with van der Waals surface area (Å²) in [6.45, 7) is 1.06. The Bertz CT molecular complexity index is 572. The van der Waals surface area contributed by atoms with E-state index in [1.54, 1.807) is 0 Å². The molecule has 2 rings (SSSR count). The number of hydrogen-bond acceptors (Lipinski definition) is 4. The molecule has 0 amide bonds. The van der Waals surface area contributed by atoms with Crippen molar-refractivity contribution in [2.75, 3.05) is 13.2 Å². The van der Waals surface area contributed by atoms with Gasteiger partial charge in [0.2, 0.25) is 10.0 Å². The Balaban J connectivity index is 2.33. The first kappa shape index (κ1) is 15.0. The van der Waals surface area contributed by atoms with Crippen molar-refractivity contribution in [2.45, 2.75) is 23.9 Å². The summed E-state index contributed by atoms with van der Waals surface area (Å²) >= 11 is 11.9. The van der Waals surface area contributed by atoms with E-state index in [2.05, 4.69) is 4.72 Å². The number of rotatable bonds is 4. The maximum Gasteiger partial charge on any atom is 0.242 e. The second kappa shape index (κ2) is 5.95. The maximum absolute atomic E-state index is 12.3. The Kier molecular flexibility index (Phi) is 4.70. The molecule has 0 aromatic heterocycles. The van der Waals surface area contributed by atoms with Crippen molar-refractivity contribution < 1.29 is 13.2 Å². The first-order chi connectivity index (χ1) is 8.94. The molecular formula is C11H14Cl2N2O3S. The summed E-state index contributed by atoms with van der Waals surface area (Å²) in [6, 6.07) is 2.58. The standard InChI is InChI=1S/C11H14Cl2N2O3S/c12-9-4-10(13)11(3-7(9)5-14)19(16,17)15-8-1-2-18-6-8/h3-4,8,15H,1-2,5-6,14H2. The van der Waals surface area contributed by atoms with E-state index in [0.29, 0.717) is 30.2 Å². The highest BCUT2D eigenvalue weighted by Crippen LogP contribution is 2.28. The molecule has 1 heterocycles. The number of halogens is 2. The van der Waals surface area contributed by atoms with Crippen molar-refractivity contribution in [1.29, 1.82) is 0 Å². The number of nitrogens with two attached hydrogens (primary N) is 1. The maximum atomic E-state index is 12.3. The molecule has 5 nitrogen and oxygen atoms in total. The Morgan fingerprint density at radius 2 is 2.11 bits per heavy atom. The highest BCUT2D eigenvalue weighted by molar-refractivity contribution is 7.89. The summed E-state index contributed by atoms with van der Waals surface area (Å²) < 4.78 is 32.2. The van der Waals surface area contributed by atoms with E-state index < -0.39 is 10.0 Å². The third kappa shape index (κ3) is 3.39. The molecule has 0 bridgehead atoms. The van der Waals surface area contributed by atoms with Gasteiger partial charge in [-0.2, -0.15) is 0 Å². The summed E-state index contributed by atoms with van der Waals surface area (Å²) in [5.41, 5.74) is 6.05. The second-order valence-electron chi connectivity index (χ2n) is 4.26. The molecule has 1 aliphatic rings. The van der Waals surface area contributed by atoms with Gasteiger partial charge in [-0.1, -0.05) is 23.2 Å². The van der Waals surface area contributed by atoms with Crippen LogP contribution in [0.1, 0.15) is 12.0 Å². The van der Waals surface area contributed by atoms with Crippen molar-refractivity contribution in [3.8, 4) is 0 Å². The van der Waals surface area contributed by atoms with E-state index in [1.165, 1.54) is 12.1 Å². The molecule has 1 aromatic rings. The molecule has 8 heteroatoms. The van der Waals surface area contributed by atoms with Crippen molar-refractivity contribution >= 4 is 33.2 Å². The van der Waals surface area contributed by atoms with Crippen LogP contribution >= 0.6 is 23.2 Å². The molecule has 0 aliphatic carbocycles. The number of nitrogens with one attached hydrogen (secondary N) is 1. The average Bonchev–Trinajstić information content (AvgIpc) is 2.80. The van der Waals surface area contributed by atoms with E-state index in [1.807, 2.05) is 0 Å². The number of ether oxygens (including phenoxy) is 1. The molecule has 1 aliphatic heterocycles. The normalized spacial score (nSPS) is 19.8. The fraction of sp³-hybridized carbons (Fsp3) is 0.455. The van der Waals surface area contributed by atoms with Gasteiger partial charge in [-0.25, -0.2) is 13.1 Å². The lowest BCUT2D eigenvalue weighted by Crippen LogP contribution is -2.35. The highest BCUT2D eigenvalue weighted by Gasteiger charge is 2.26. The zero-order valence-electron chi connectivity index (χ0n) is 10.0. The van der Waals surface area contributed by atoms with Gasteiger partial charge in [-0.3, -0.25) is 0 Å². The third-order valence-electron chi connectivity index (χ3n) is 2.86. The molecule has 1 unspecified atom stereocenters. The van der Waals surface area contributed by atoms with Crippen LogP contribution in [0.4, 0.5) is 0 Å². The summed E-state index contributed by atoms with van der Waals surface area (Å²) in [7, 11) is -3.70. The smallest absolute Gasteiger partial charge is 0.242 e. The van der Waals surface area contributed by atoms with Crippen LogP contribution in [0.5, 0.6) is 0 Å². The second-order valence-corrected chi connectivity index (χ2v) is 6.76. The lowest BCUT2D eigenvalue weighted by molar-refractivity contribution is 0.192. The van der Waals surface area contributed by atoms with Gasteiger partial charge in [0.05, 0.1) is 11.6 Å². The molecule has 3 N–H and O–H groups in total. The molecule has 0 saturated carbocycles. The lowest BCUT2D eigenvalue weighted by atomic mass is 10.2. The summed E-state index contributed by atoms with van der Waals surface area (Å²) in [5.74, 6) is 0. The van der Waals surface area contributed by atoms with E-state index in [9.17, 15) is 8.42 Å². The lowest BCUT2D eigenvalue weighted by Gasteiger charge is -2.14. The zero-order chi connectivity index (χ0) is 14.0. The van der Waals surface area contributed by atoms with Gasteiger partial charge in [-0.05, 0) is 24.1 Å². The van der Waals surface area contributed by atoms with Crippen molar-refractivity contribution in [3.63, 3.8) is 0 Å². The zero-order valence-corrected chi connectivity index (χ0v) is 12.4. The van der Waals surface area contributed by atoms with Gasteiger partial charge in [0.25, 0.3) is 0 Å². The van der Waals surface area contributed by atoms with Gasteiger partial charge >= 0.3 is 0 Å². The van der Waals surface area contributed by atoms with Gasteiger partial charge in [0, 0.05) is 24.2 Å². The Morgan fingerprint density at radius 3 is 2.68 bits per heavy atom. The third-order valence-corrected chi connectivity index (χ3v) is 5.20. The van der Waals surface area contributed by atoms with Crippen LogP contribution in [0.15, 0.2) is 17.0 Å². The van der Waals surface area contributed by atoms with Crippen LogP contribution in [-0.2, 0) is 21.3 Å². The highest BCUT2D eigenvalue weighted by atomic mass is 35.5. The quantitative estimate of drug-likeness (QED) is 0.879. The number of hydrogen-bond donors (Lipinski definition) is 2. The van der Waals surface area contributed by atoms with Crippen LogP contribution < -0.4 is 10.5 Å². The summed E-state index contributed by atoms with van der Waals surface area (Å²) in [5, 5.41) is 0.435. The van der Waals surface area contributed by atoms with Crippen LogP contribution in [0.3, 0.4) is 0 Å². The predicted octanol–water partition coefficient (Wildman–Crippen LogP) is 1.52. The number of benzene rings is 1. The Hall–Kier alpha value is -0.370. The van der Waals surface area contributed by atoms with Gasteiger partial charge in [0.1, 0.15) is 4.90 Å². The van der Waals surface area contributed by atoms with E-state index in [-0.39, 0.29) is 22.5 Å². The molecule has 0 spiro atoms. The molecule has 1 aromatic carbocycles. The predicted molar refractivity (Wildman–Crippen MR) is 73.9 cm³/mol. The number of sulfonamides is 1. The topological polar surface area (TPSA) is 81.4 Å². The Morgan fingerprint density at radius 1 is 1.37 bits per heavy atom. The van der Waals surface area contributed by atoms with Crippen molar-refractivity contribution in [1.82, 2.24) is 4.72 Å². The first-order valence-corrected chi connectivity index (χ1v) is 7.96. The molecular weight excluding hydrogens is 311 g/mol. The molecule has 1 atom stereocenters. The van der Waals surface area contributed by atoms with Crippen molar-refractivity contribution in [2.24, 2.45) is 5.73 Å². The van der Waals surface area contributed by atoms with E-state index in [0.717, 1.165) is 0 Å². The van der Waals surface area contributed by atoms with Crippen LogP contribution in [0.2, 0.25) is 10.0 Å². The molecule has 106 valence electrons. The van der Waals surface area contributed by atoms with Crippen LogP contribution in [0, 0.1) is 0 Å². The van der Waals surface area contributed by atoms with Gasteiger partial charge in [-0.15, -0.1) is 0 Å². The minimum Gasteiger partial charge on any atom is -0.380 e. The van der Waals surface area contributed by atoms with E-state index >= 15 is 0 Å². The monoisotopic (exact) mass is 324 g/mol.